The standard InChI is InChI=1S/C14H22N2O2/c1-13(2,18-4)10-14(3,12(15)17)16-11-8-6-5-7-9-11/h5-9,16H,10H2,1-4H3,(H2,15,17). The number of nitrogens with one attached hydrogen (secondary N) is 1. The highest BCUT2D eigenvalue weighted by atomic mass is 16.5. The second-order valence-corrected chi connectivity index (χ2v) is 5.33. The third-order valence-electron chi connectivity index (χ3n) is 3.07. The first kappa shape index (κ1) is 14.5. The van der Waals surface area contributed by atoms with Gasteiger partial charge in [-0.2, -0.15) is 0 Å². The van der Waals surface area contributed by atoms with Gasteiger partial charge in [0.05, 0.1) is 5.60 Å². The van der Waals surface area contributed by atoms with Crippen LogP contribution in [0.4, 0.5) is 5.69 Å². The number of methoxy groups -OCH3 is 1. The zero-order chi connectivity index (χ0) is 13.8. The smallest absolute Gasteiger partial charge is 0.242 e. The van der Waals surface area contributed by atoms with Gasteiger partial charge in [-0.15, -0.1) is 0 Å². The Bertz CT molecular complexity index is 404. The van der Waals surface area contributed by atoms with E-state index in [4.69, 9.17) is 10.5 Å². The topological polar surface area (TPSA) is 64.3 Å². The van der Waals surface area contributed by atoms with Crippen LogP contribution in [0.25, 0.3) is 0 Å². The number of anilines is 1. The first-order valence-corrected chi connectivity index (χ1v) is 5.97. The van der Waals surface area contributed by atoms with Crippen LogP contribution < -0.4 is 11.1 Å². The third-order valence-corrected chi connectivity index (χ3v) is 3.07. The molecule has 0 aliphatic carbocycles. The molecule has 0 aromatic heterocycles. The van der Waals surface area contributed by atoms with Crippen LogP contribution in [0.5, 0.6) is 0 Å². The van der Waals surface area contributed by atoms with Gasteiger partial charge in [0.1, 0.15) is 5.54 Å². The molecule has 1 aromatic rings. The van der Waals surface area contributed by atoms with Crippen molar-refractivity contribution in [1.82, 2.24) is 0 Å². The summed E-state index contributed by atoms with van der Waals surface area (Å²) in [7, 11) is 1.63. The molecule has 0 spiro atoms. The third kappa shape index (κ3) is 3.74. The van der Waals surface area contributed by atoms with E-state index in [0.29, 0.717) is 6.42 Å². The van der Waals surface area contributed by atoms with Crippen molar-refractivity contribution < 1.29 is 9.53 Å². The summed E-state index contributed by atoms with van der Waals surface area (Å²) in [6.45, 7) is 5.66. The first-order valence-electron chi connectivity index (χ1n) is 5.97. The molecule has 1 unspecified atom stereocenters. The van der Waals surface area contributed by atoms with Gasteiger partial charge in [-0.3, -0.25) is 4.79 Å². The Balaban J connectivity index is 2.91. The van der Waals surface area contributed by atoms with Gasteiger partial charge >= 0.3 is 0 Å². The Morgan fingerprint density at radius 1 is 1.28 bits per heavy atom. The molecule has 0 bridgehead atoms. The number of amides is 1. The van der Waals surface area contributed by atoms with Crippen molar-refractivity contribution in [3.8, 4) is 0 Å². The predicted molar refractivity (Wildman–Crippen MR) is 73.4 cm³/mol. The molecule has 1 aromatic carbocycles. The number of hydrogen-bond acceptors (Lipinski definition) is 3. The zero-order valence-corrected chi connectivity index (χ0v) is 11.5. The maximum absolute atomic E-state index is 11.7. The van der Waals surface area contributed by atoms with E-state index < -0.39 is 17.0 Å². The predicted octanol–water partition coefficient (Wildman–Crippen LogP) is 2.16. The van der Waals surface area contributed by atoms with Crippen molar-refractivity contribution in [2.45, 2.75) is 38.3 Å². The van der Waals surface area contributed by atoms with E-state index in [9.17, 15) is 4.79 Å². The lowest BCUT2D eigenvalue weighted by Gasteiger charge is -2.35. The molecule has 0 radical (unpaired) electrons. The lowest BCUT2D eigenvalue weighted by Crippen LogP contribution is -2.52. The van der Waals surface area contributed by atoms with Crippen molar-refractivity contribution >= 4 is 11.6 Å². The monoisotopic (exact) mass is 250 g/mol. The van der Waals surface area contributed by atoms with Gasteiger partial charge in [0.15, 0.2) is 0 Å². The molecule has 0 aliphatic heterocycles. The number of carbonyl (C=O) groups excluding carboxylic acids is 1. The number of primary amides is 1. The molecule has 100 valence electrons. The molecular weight excluding hydrogens is 228 g/mol. The maximum atomic E-state index is 11.7. The van der Waals surface area contributed by atoms with Gasteiger partial charge in [0.2, 0.25) is 5.91 Å². The summed E-state index contributed by atoms with van der Waals surface area (Å²) in [5, 5.41) is 3.19. The Labute approximate surface area is 109 Å². The van der Waals surface area contributed by atoms with E-state index >= 15 is 0 Å². The summed E-state index contributed by atoms with van der Waals surface area (Å²) in [5.74, 6) is -0.392. The summed E-state index contributed by atoms with van der Waals surface area (Å²) in [5.41, 5.74) is 5.12. The number of rotatable bonds is 6. The van der Waals surface area contributed by atoms with Gasteiger partial charge in [-0.1, -0.05) is 18.2 Å². The fraction of sp³-hybridized carbons (Fsp3) is 0.500. The number of carbonyl (C=O) groups is 1. The van der Waals surface area contributed by atoms with Crippen molar-refractivity contribution in [1.29, 1.82) is 0 Å². The van der Waals surface area contributed by atoms with E-state index in [2.05, 4.69) is 5.32 Å². The van der Waals surface area contributed by atoms with Gasteiger partial charge in [0, 0.05) is 19.2 Å². The fourth-order valence-corrected chi connectivity index (χ4v) is 1.96. The molecule has 0 aliphatic rings. The van der Waals surface area contributed by atoms with Crippen molar-refractivity contribution in [3.63, 3.8) is 0 Å². The highest BCUT2D eigenvalue weighted by Crippen LogP contribution is 2.26. The molecular formula is C14H22N2O2. The van der Waals surface area contributed by atoms with Gasteiger partial charge in [0.25, 0.3) is 0 Å². The molecule has 0 heterocycles. The molecule has 0 saturated heterocycles. The van der Waals surface area contributed by atoms with Gasteiger partial charge in [-0.25, -0.2) is 0 Å². The van der Waals surface area contributed by atoms with Crippen LogP contribution in [-0.2, 0) is 9.53 Å². The minimum absolute atomic E-state index is 0.392. The Morgan fingerprint density at radius 3 is 2.28 bits per heavy atom. The van der Waals surface area contributed by atoms with Crippen LogP contribution in [0.3, 0.4) is 0 Å². The Kier molecular flexibility index (Phi) is 4.35. The molecule has 0 saturated carbocycles. The summed E-state index contributed by atoms with van der Waals surface area (Å²) in [4.78, 5) is 11.7. The molecule has 4 nitrogen and oxygen atoms in total. The number of benzene rings is 1. The number of ether oxygens (including phenoxy) is 1. The van der Waals surface area contributed by atoms with Crippen LogP contribution >= 0.6 is 0 Å². The van der Waals surface area contributed by atoms with E-state index in [1.54, 1.807) is 14.0 Å². The Hall–Kier alpha value is -1.55. The summed E-state index contributed by atoms with van der Waals surface area (Å²) in [6, 6.07) is 9.55. The average Bonchev–Trinajstić information content (AvgIpc) is 2.29. The van der Waals surface area contributed by atoms with Crippen LogP contribution in [0, 0.1) is 0 Å². The highest BCUT2D eigenvalue weighted by Gasteiger charge is 2.37. The Morgan fingerprint density at radius 2 is 1.83 bits per heavy atom. The molecule has 18 heavy (non-hydrogen) atoms. The van der Waals surface area contributed by atoms with E-state index in [1.165, 1.54) is 0 Å². The zero-order valence-electron chi connectivity index (χ0n) is 11.5. The van der Waals surface area contributed by atoms with Crippen LogP contribution in [0.15, 0.2) is 30.3 Å². The summed E-state index contributed by atoms with van der Waals surface area (Å²) < 4.78 is 5.37. The molecule has 0 fully saturated rings. The molecule has 3 N–H and O–H groups in total. The normalized spacial score (nSPS) is 14.9. The SMILES string of the molecule is COC(C)(C)CC(C)(Nc1ccccc1)C(N)=O. The minimum atomic E-state index is -0.846. The highest BCUT2D eigenvalue weighted by molar-refractivity contribution is 5.87. The number of nitrogens with two attached hydrogens (primary N) is 1. The molecule has 1 amide bonds. The van der Waals surface area contributed by atoms with Crippen LogP contribution in [0.1, 0.15) is 27.2 Å². The fourth-order valence-electron chi connectivity index (χ4n) is 1.96. The lowest BCUT2D eigenvalue weighted by atomic mass is 9.86. The van der Waals surface area contributed by atoms with E-state index in [1.807, 2.05) is 44.2 Å². The lowest BCUT2D eigenvalue weighted by molar-refractivity contribution is -0.124. The van der Waals surface area contributed by atoms with Crippen LogP contribution in [0.2, 0.25) is 0 Å². The average molecular weight is 250 g/mol. The van der Waals surface area contributed by atoms with Crippen molar-refractivity contribution in [2.24, 2.45) is 5.73 Å². The maximum Gasteiger partial charge on any atom is 0.242 e. The molecule has 1 rings (SSSR count). The number of hydrogen-bond donors (Lipinski definition) is 2. The second-order valence-electron chi connectivity index (χ2n) is 5.33. The van der Waals surface area contributed by atoms with E-state index in [-0.39, 0.29) is 0 Å². The van der Waals surface area contributed by atoms with E-state index in [0.717, 1.165) is 5.69 Å². The van der Waals surface area contributed by atoms with Gasteiger partial charge < -0.3 is 15.8 Å². The molecule has 4 heteroatoms. The summed E-state index contributed by atoms with van der Waals surface area (Å²) in [6.07, 6.45) is 0.487. The van der Waals surface area contributed by atoms with Crippen molar-refractivity contribution in [2.75, 3.05) is 12.4 Å². The van der Waals surface area contributed by atoms with Gasteiger partial charge in [-0.05, 0) is 32.9 Å². The summed E-state index contributed by atoms with van der Waals surface area (Å²) >= 11 is 0. The quantitative estimate of drug-likeness (QED) is 0.813. The minimum Gasteiger partial charge on any atom is -0.379 e. The number of para-hydroxylation sites is 1. The van der Waals surface area contributed by atoms with Crippen LogP contribution in [-0.4, -0.2) is 24.2 Å². The first-order chi connectivity index (χ1) is 8.29. The largest absolute Gasteiger partial charge is 0.379 e. The molecule has 1 atom stereocenters. The second kappa shape index (κ2) is 5.40. The van der Waals surface area contributed by atoms with Crippen molar-refractivity contribution in [3.05, 3.63) is 30.3 Å².